The van der Waals surface area contributed by atoms with Crippen LogP contribution in [-0.4, -0.2) is 47.8 Å². The van der Waals surface area contributed by atoms with Crippen molar-refractivity contribution in [2.75, 3.05) is 19.6 Å². The first-order chi connectivity index (χ1) is 8.09. The van der Waals surface area contributed by atoms with E-state index in [1.54, 1.807) is 0 Å². The summed E-state index contributed by atoms with van der Waals surface area (Å²) in [5, 5.41) is 23.1. The number of nitrogens with one attached hydrogen (secondary N) is 2. The molecule has 17 heavy (non-hydrogen) atoms. The second-order valence-corrected chi connectivity index (χ2v) is 4.41. The minimum absolute atomic E-state index is 0.198. The van der Waals surface area contributed by atoms with E-state index in [2.05, 4.69) is 10.6 Å². The molecular formula is C11H20N2O4. The molecule has 1 aliphatic rings. The summed E-state index contributed by atoms with van der Waals surface area (Å²) in [6.07, 6.45) is 1.96. The number of aliphatic carboxylic acids is 1. The molecule has 1 rings (SSSR count). The van der Waals surface area contributed by atoms with E-state index in [-0.39, 0.29) is 12.5 Å². The van der Waals surface area contributed by atoms with Gasteiger partial charge in [0.1, 0.15) is 0 Å². The number of carboxylic acid groups (broad SMARTS) is 1. The minimum Gasteiger partial charge on any atom is -0.479 e. The van der Waals surface area contributed by atoms with Crippen LogP contribution in [0.1, 0.15) is 25.7 Å². The molecule has 1 fully saturated rings. The number of carbonyl (C=O) groups excluding carboxylic acids is 1. The number of carbonyl (C=O) groups is 2. The van der Waals surface area contributed by atoms with Gasteiger partial charge in [-0.05, 0) is 38.3 Å². The predicted octanol–water partition coefficient (Wildman–Crippen LogP) is -0.672. The van der Waals surface area contributed by atoms with Crippen LogP contribution in [0.25, 0.3) is 0 Å². The van der Waals surface area contributed by atoms with Gasteiger partial charge in [0, 0.05) is 6.42 Å². The number of amides is 1. The van der Waals surface area contributed by atoms with Crippen LogP contribution < -0.4 is 10.6 Å². The van der Waals surface area contributed by atoms with E-state index in [0.717, 1.165) is 32.4 Å². The molecule has 1 heterocycles. The quantitative estimate of drug-likeness (QED) is 0.496. The Bertz CT molecular complexity index is 264. The summed E-state index contributed by atoms with van der Waals surface area (Å²) in [5.41, 5.74) is 0. The average molecular weight is 244 g/mol. The zero-order valence-electron chi connectivity index (χ0n) is 9.82. The van der Waals surface area contributed by atoms with Gasteiger partial charge in [-0.3, -0.25) is 4.79 Å². The first-order valence-electron chi connectivity index (χ1n) is 5.98. The van der Waals surface area contributed by atoms with E-state index >= 15 is 0 Å². The van der Waals surface area contributed by atoms with Gasteiger partial charge in [-0.2, -0.15) is 0 Å². The van der Waals surface area contributed by atoms with Crippen LogP contribution in [0, 0.1) is 5.92 Å². The average Bonchev–Trinajstić information content (AvgIpc) is 2.34. The molecule has 1 saturated heterocycles. The van der Waals surface area contributed by atoms with Crippen LogP contribution in [0.4, 0.5) is 0 Å². The highest BCUT2D eigenvalue weighted by atomic mass is 16.4. The van der Waals surface area contributed by atoms with Crippen molar-refractivity contribution in [2.45, 2.75) is 31.8 Å². The van der Waals surface area contributed by atoms with Gasteiger partial charge in [0.15, 0.2) is 6.10 Å². The summed E-state index contributed by atoms with van der Waals surface area (Å²) in [7, 11) is 0. The SMILES string of the molecule is O=C(CCC1CCCNC1)NC[C@H](O)C(=O)O. The first-order valence-corrected chi connectivity index (χ1v) is 5.98. The van der Waals surface area contributed by atoms with Crippen molar-refractivity contribution in [3.63, 3.8) is 0 Å². The van der Waals surface area contributed by atoms with E-state index in [1.165, 1.54) is 0 Å². The van der Waals surface area contributed by atoms with Crippen molar-refractivity contribution in [3.05, 3.63) is 0 Å². The van der Waals surface area contributed by atoms with Gasteiger partial charge in [0.05, 0.1) is 6.54 Å². The number of aliphatic hydroxyl groups excluding tert-OH is 1. The highest BCUT2D eigenvalue weighted by Crippen LogP contribution is 2.15. The van der Waals surface area contributed by atoms with Crippen molar-refractivity contribution < 1.29 is 19.8 Å². The summed E-state index contributed by atoms with van der Waals surface area (Å²) in [6, 6.07) is 0. The number of hydrogen-bond acceptors (Lipinski definition) is 4. The maximum Gasteiger partial charge on any atom is 0.334 e. The molecule has 0 saturated carbocycles. The third-order valence-corrected chi connectivity index (χ3v) is 2.96. The topological polar surface area (TPSA) is 98.7 Å². The molecule has 2 atom stereocenters. The lowest BCUT2D eigenvalue weighted by atomic mass is 9.94. The Morgan fingerprint density at radius 2 is 2.24 bits per heavy atom. The van der Waals surface area contributed by atoms with Gasteiger partial charge in [-0.15, -0.1) is 0 Å². The summed E-state index contributed by atoms with van der Waals surface area (Å²) in [5.74, 6) is -0.989. The zero-order chi connectivity index (χ0) is 12.7. The third kappa shape index (κ3) is 5.65. The van der Waals surface area contributed by atoms with E-state index in [9.17, 15) is 9.59 Å². The molecule has 6 nitrogen and oxygen atoms in total. The molecule has 0 aromatic carbocycles. The number of hydrogen-bond donors (Lipinski definition) is 4. The summed E-state index contributed by atoms with van der Waals surface area (Å²) >= 11 is 0. The second kappa shape index (κ2) is 7.24. The first kappa shape index (κ1) is 13.9. The zero-order valence-corrected chi connectivity index (χ0v) is 9.82. The Kier molecular flexibility index (Phi) is 5.93. The van der Waals surface area contributed by atoms with Crippen LogP contribution in [-0.2, 0) is 9.59 Å². The maximum atomic E-state index is 11.4. The van der Waals surface area contributed by atoms with Gasteiger partial charge in [-0.25, -0.2) is 4.79 Å². The lowest BCUT2D eigenvalue weighted by Gasteiger charge is -2.22. The third-order valence-electron chi connectivity index (χ3n) is 2.96. The fourth-order valence-electron chi connectivity index (χ4n) is 1.89. The van der Waals surface area contributed by atoms with Gasteiger partial charge < -0.3 is 20.8 Å². The highest BCUT2D eigenvalue weighted by Gasteiger charge is 2.16. The number of piperidine rings is 1. The van der Waals surface area contributed by atoms with Crippen LogP contribution in [0.3, 0.4) is 0 Å². The van der Waals surface area contributed by atoms with Gasteiger partial charge in [-0.1, -0.05) is 0 Å². The Morgan fingerprint density at radius 3 is 2.82 bits per heavy atom. The molecule has 1 amide bonds. The molecule has 0 radical (unpaired) electrons. The van der Waals surface area contributed by atoms with Crippen molar-refractivity contribution >= 4 is 11.9 Å². The lowest BCUT2D eigenvalue weighted by molar-refractivity contribution is -0.146. The van der Waals surface area contributed by atoms with E-state index in [0.29, 0.717) is 12.3 Å². The number of aliphatic hydroxyl groups is 1. The van der Waals surface area contributed by atoms with Crippen LogP contribution in [0.5, 0.6) is 0 Å². The molecular weight excluding hydrogens is 224 g/mol. The summed E-state index contributed by atoms with van der Waals surface area (Å²) < 4.78 is 0. The highest BCUT2D eigenvalue weighted by molar-refractivity contribution is 5.77. The van der Waals surface area contributed by atoms with Crippen LogP contribution in [0.15, 0.2) is 0 Å². The fourth-order valence-corrected chi connectivity index (χ4v) is 1.89. The minimum atomic E-state index is -1.52. The molecule has 1 unspecified atom stereocenters. The van der Waals surface area contributed by atoms with Crippen molar-refractivity contribution in [1.82, 2.24) is 10.6 Å². The summed E-state index contributed by atoms with van der Waals surface area (Å²) in [6.45, 7) is 1.77. The Morgan fingerprint density at radius 1 is 1.47 bits per heavy atom. The standard InChI is InChI=1S/C11H20N2O4/c14-9(11(16)17)7-13-10(15)4-3-8-2-1-5-12-6-8/h8-9,12,14H,1-7H2,(H,13,15)(H,16,17)/t8?,9-/m0/s1. The normalized spacial score (nSPS) is 21.8. The largest absolute Gasteiger partial charge is 0.479 e. The van der Waals surface area contributed by atoms with E-state index in [1.807, 2.05) is 0 Å². The number of rotatable bonds is 6. The Labute approximate surface area is 100 Å². The molecule has 0 aliphatic carbocycles. The number of carboxylic acids is 1. The van der Waals surface area contributed by atoms with Gasteiger partial charge >= 0.3 is 5.97 Å². The van der Waals surface area contributed by atoms with Gasteiger partial charge in [0.25, 0.3) is 0 Å². The molecule has 0 aromatic heterocycles. The van der Waals surface area contributed by atoms with Gasteiger partial charge in [0.2, 0.25) is 5.91 Å². The van der Waals surface area contributed by atoms with Crippen molar-refractivity contribution in [1.29, 1.82) is 0 Å². The molecule has 0 aromatic rings. The smallest absolute Gasteiger partial charge is 0.334 e. The Hall–Kier alpha value is -1.14. The molecule has 98 valence electrons. The molecule has 0 spiro atoms. The molecule has 0 bridgehead atoms. The van der Waals surface area contributed by atoms with E-state index in [4.69, 9.17) is 10.2 Å². The van der Waals surface area contributed by atoms with Crippen molar-refractivity contribution in [3.8, 4) is 0 Å². The second-order valence-electron chi connectivity index (χ2n) is 4.41. The van der Waals surface area contributed by atoms with Crippen molar-refractivity contribution in [2.24, 2.45) is 5.92 Å². The molecule has 4 N–H and O–H groups in total. The fraction of sp³-hybridized carbons (Fsp3) is 0.818. The molecule has 1 aliphatic heterocycles. The lowest BCUT2D eigenvalue weighted by Crippen LogP contribution is -2.37. The van der Waals surface area contributed by atoms with Crippen LogP contribution >= 0.6 is 0 Å². The molecule has 6 heteroatoms. The summed E-state index contributed by atoms with van der Waals surface area (Å²) in [4.78, 5) is 21.7. The maximum absolute atomic E-state index is 11.4. The predicted molar refractivity (Wildman–Crippen MR) is 61.5 cm³/mol. The van der Waals surface area contributed by atoms with E-state index < -0.39 is 12.1 Å². The monoisotopic (exact) mass is 244 g/mol. The van der Waals surface area contributed by atoms with Crippen LogP contribution in [0.2, 0.25) is 0 Å². The Balaban J connectivity index is 2.10.